The minimum Gasteiger partial charge on any atom is -0.463 e. The van der Waals surface area contributed by atoms with Crippen molar-refractivity contribution in [3.8, 4) is 0 Å². The van der Waals surface area contributed by atoms with E-state index in [1.807, 2.05) is 0 Å². The molecule has 0 amide bonds. The zero-order valence-corrected chi connectivity index (χ0v) is 75.2. The topological polar surface area (TPSA) is 238 Å². The van der Waals surface area contributed by atoms with Gasteiger partial charge in [-0.25, -0.2) is 13.1 Å². The predicted octanol–water partition coefficient (Wildman–Crippen LogP) is 23.7. The summed E-state index contributed by atoms with van der Waals surface area (Å²) in [7, 11) is 3.03. The molecule has 22 heteroatoms. The van der Waals surface area contributed by atoms with Gasteiger partial charge in [0.1, 0.15) is 44.4 Å². The lowest BCUT2D eigenvalue weighted by atomic mass is 9.77. The summed E-state index contributed by atoms with van der Waals surface area (Å²) >= 11 is 6.45. The summed E-state index contributed by atoms with van der Waals surface area (Å²) in [4.78, 5) is 110. The van der Waals surface area contributed by atoms with Crippen molar-refractivity contribution in [2.24, 2.45) is 5.41 Å². The fourth-order valence-corrected chi connectivity index (χ4v) is 15.3. The van der Waals surface area contributed by atoms with Gasteiger partial charge in [0.05, 0.1) is 37.9 Å². The van der Waals surface area contributed by atoms with Crippen LogP contribution in [0.2, 0.25) is 0 Å². The average Bonchev–Trinajstić information content (AvgIpc) is 0.818. The van der Waals surface area contributed by atoms with Gasteiger partial charge in [-0.1, -0.05) is 297 Å². The van der Waals surface area contributed by atoms with E-state index in [-0.39, 0.29) is 123 Å². The molecule has 0 aromatic heterocycles. The molecule has 0 aliphatic carbocycles. The summed E-state index contributed by atoms with van der Waals surface area (Å²) < 4.78 is 53.3. The normalized spacial score (nSPS) is 13.4. The van der Waals surface area contributed by atoms with E-state index in [9.17, 15) is 38.4 Å². The van der Waals surface area contributed by atoms with Crippen LogP contribution in [0.25, 0.3) is 9.69 Å². The molecule has 0 saturated heterocycles. The van der Waals surface area contributed by atoms with E-state index in [4.69, 9.17) is 72.7 Å². The van der Waals surface area contributed by atoms with E-state index in [2.05, 4.69) is 37.4 Å². The summed E-state index contributed by atoms with van der Waals surface area (Å²) in [5.41, 5.74) is -3.05. The predicted molar refractivity (Wildman–Crippen MR) is 459 cm³/mol. The highest BCUT2D eigenvalue weighted by Gasteiger charge is 2.47. The van der Waals surface area contributed by atoms with Gasteiger partial charge in [0.15, 0.2) is 12.2 Å². The lowest BCUT2D eigenvalue weighted by Crippen LogP contribution is -2.42. The Balaban J connectivity index is 0. The molecule has 5 atom stereocenters. The standard InChI is InChI=1S/C46H81NO9S2.C45H81NO9/c1-8-10-12-14-16-18-20-22-24-26-28-30-41(48)54-36-40(56-43(50)31-29-27-25-23-21-19-17-15-13-11-9-2)37-55-42(49)32-33-45(4,47-6)38-46(5,58-39(3)57)44(51)53-35-34-52-7;1-8-10-12-14-16-18-20-22-24-26-28-30-40(47)53-36-39(55-42(49)31-29-27-25-23-21-19-17-15-13-11-9-2)37-54-41(48)32-33-45(5,46-6)38-44(3,4)43(50)52-35-34-51-7/h40H,8-38H2,1-5,7H3;39H,8-38H2,1-5,7H3/t40-,45?,46?;39-,45?/m11/s1. The molecule has 0 saturated carbocycles. The minimum atomic E-state index is -1.15. The van der Waals surface area contributed by atoms with Crippen molar-refractivity contribution in [1.29, 1.82) is 0 Å². The van der Waals surface area contributed by atoms with Crippen LogP contribution in [0.3, 0.4) is 0 Å². The first-order chi connectivity index (χ1) is 54.3. The lowest BCUT2D eigenvalue weighted by Gasteiger charge is -2.30. The molecule has 0 rings (SSSR count). The molecule has 0 aromatic rings. The van der Waals surface area contributed by atoms with Crippen molar-refractivity contribution in [2.75, 3.05) is 67.1 Å². The van der Waals surface area contributed by atoms with Crippen LogP contribution >= 0.6 is 24.0 Å². The van der Waals surface area contributed by atoms with E-state index < -0.39 is 69.3 Å². The minimum absolute atomic E-state index is 0.0638. The number of nitrogens with zero attached hydrogens (tertiary/aromatic N) is 2. The van der Waals surface area contributed by atoms with Crippen LogP contribution in [0.1, 0.15) is 416 Å². The molecule has 0 aliphatic heterocycles. The maximum absolute atomic E-state index is 13.1. The summed E-state index contributed by atoms with van der Waals surface area (Å²) in [6, 6.07) is 0. The van der Waals surface area contributed by atoms with Gasteiger partial charge in [-0.15, -0.1) is 11.8 Å². The van der Waals surface area contributed by atoms with Gasteiger partial charge >= 0.3 is 47.8 Å². The van der Waals surface area contributed by atoms with Crippen LogP contribution < -0.4 is 0 Å². The zero-order chi connectivity index (χ0) is 84.4. The van der Waals surface area contributed by atoms with Crippen LogP contribution in [0.5, 0.6) is 0 Å². The van der Waals surface area contributed by atoms with Gasteiger partial charge in [0.2, 0.25) is 11.1 Å². The Hall–Kier alpha value is -4.90. The maximum atomic E-state index is 13.1. The summed E-state index contributed by atoms with van der Waals surface area (Å²) in [6.45, 7) is 34.7. The van der Waals surface area contributed by atoms with Crippen LogP contribution in [0.15, 0.2) is 0 Å². The number of carbonyl (C=O) groups is 8. The van der Waals surface area contributed by atoms with Crippen molar-refractivity contribution in [3.05, 3.63) is 22.8 Å². The molecule has 0 heterocycles. The molecule has 0 bridgehead atoms. The second-order valence-electron chi connectivity index (χ2n) is 32.6. The number of unbranched alkanes of at least 4 members (excludes halogenated alkanes) is 40. The van der Waals surface area contributed by atoms with E-state index in [1.54, 1.807) is 41.5 Å². The first kappa shape index (κ1) is 110. The molecule has 20 nitrogen and oxygen atoms in total. The van der Waals surface area contributed by atoms with Crippen LogP contribution in [0.4, 0.5) is 0 Å². The van der Waals surface area contributed by atoms with E-state index in [1.165, 1.54) is 213 Å². The second-order valence-corrected chi connectivity index (χ2v) is 35.2. The van der Waals surface area contributed by atoms with E-state index in [0.717, 1.165) is 82.4 Å². The van der Waals surface area contributed by atoms with Crippen LogP contribution in [-0.4, -0.2) is 147 Å². The summed E-state index contributed by atoms with van der Waals surface area (Å²) in [5, 5.41) is 0. The smallest absolute Gasteiger partial charge is 0.322 e. The van der Waals surface area contributed by atoms with E-state index >= 15 is 0 Å². The zero-order valence-electron chi connectivity index (χ0n) is 73.6. The number of thioether (sulfide) groups is 1. The van der Waals surface area contributed by atoms with Gasteiger partial charge in [-0.05, 0) is 53.4 Å². The van der Waals surface area contributed by atoms with Crippen molar-refractivity contribution >= 4 is 75.9 Å². The first-order valence-electron chi connectivity index (χ1n) is 44.6. The van der Waals surface area contributed by atoms with Crippen molar-refractivity contribution in [2.45, 2.75) is 444 Å². The molecule has 3 unspecified atom stereocenters. The molecule has 0 aromatic carbocycles. The third kappa shape index (κ3) is 67.8. The molecular weight excluding hydrogens is 1470 g/mol. The number of rotatable bonds is 77. The van der Waals surface area contributed by atoms with Crippen LogP contribution in [0, 0.1) is 18.6 Å². The quantitative estimate of drug-likeness (QED) is 0.0181. The number of hydrogen-bond donors (Lipinski definition) is 0. The molecule has 656 valence electrons. The highest BCUT2D eigenvalue weighted by Crippen LogP contribution is 2.40. The monoisotopic (exact) mass is 1640 g/mol. The molecule has 113 heavy (non-hydrogen) atoms. The molecule has 0 N–H and O–H groups in total. The summed E-state index contributed by atoms with van der Waals surface area (Å²) in [6.07, 6.45) is 51.4. The second kappa shape index (κ2) is 74.6. The third-order valence-electron chi connectivity index (χ3n) is 20.5. The fraction of sp³-hybridized carbons (Fsp3) is 0.879. The van der Waals surface area contributed by atoms with Crippen LogP contribution in [-0.2, 0) is 85.7 Å². The first-order valence-corrected chi connectivity index (χ1v) is 45.8. The number of hydrogen-bond acceptors (Lipinski definition) is 20. The largest absolute Gasteiger partial charge is 0.463 e. The Bertz CT molecular complexity index is 2540. The van der Waals surface area contributed by atoms with Crippen molar-refractivity contribution in [3.63, 3.8) is 0 Å². The number of esters is 8. The highest BCUT2D eigenvalue weighted by atomic mass is 32.2. The molecule has 0 spiro atoms. The van der Waals surface area contributed by atoms with Gasteiger partial charge in [-0.3, -0.25) is 38.4 Å². The Morgan fingerprint density at radius 1 is 0.327 bits per heavy atom. The van der Waals surface area contributed by atoms with Gasteiger partial charge in [0.25, 0.3) is 0 Å². The number of methoxy groups -OCH3 is 2. The molecule has 0 aliphatic rings. The Morgan fingerprint density at radius 2 is 0.566 bits per heavy atom. The third-order valence-corrected chi connectivity index (χ3v) is 21.8. The maximum Gasteiger partial charge on any atom is 0.322 e. The van der Waals surface area contributed by atoms with E-state index in [0.29, 0.717) is 23.5 Å². The van der Waals surface area contributed by atoms with Crippen molar-refractivity contribution in [1.82, 2.24) is 0 Å². The van der Waals surface area contributed by atoms with Gasteiger partial charge < -0.3 is 57.1 Å². The Labute approximate surface area is 697 Å². The SMILES string of the molecule is [C-]#[N+]C(C)(CCC(=O)OC[C@@H](COC(=O)CCCCCCCCCCCCC)OC(=O)CCCCCCCCCCCCC)CC(C)(C)C(=O)OCCOC.[C-]#[N+]C(C)(CCC(=O)OC[C@@H](COC(=O)CCCCCCCCCCCCC)OC(=O)CCCCCCCCCCCCC)CC(C)(SC(C)=S)C(=O)OCCOC. The summed E-state index contributed by atoms with van der Waals surface area (Å²) in [5.74, 6) is -3.63. The Morgan fingerprint density at radius 3 is 0.823 bits per heavy atom. The van der Waals surface area contributed by atoms with Crippen molar-refractivity contribution < 1.29 is 85.7 Å². The Kier molecular flexibility index (Phi) is 72.7. The number of carbonyl (C=O) groups excluding carboxylic acids is 8. The molecule has 0 fully saturated rings. The molecular formula is C91H162N2O18S2. The fourth-order valence-electron chi connectivity index (χ4n) is 13.6. The molecule has 0 radical (unpaired) electrons. The van der Waals surface area contributed by atoms with Gasteiger partial charge in [-0.2, -0.15) is 0 Å². The highest BCUT2D eigenvalue weighted by molar-refractivity contribution is 8.24. The number of thiocarbonyl (C=S) groups is 1. The lowest BCUT2D eigenvalue weighted by molar-refractivity contribution is -0.167. The number of ether oxygens (including phenoxy) is 10. The average molecular weight is 1640 g/mol. The van der Waals surface area contributed by atoms with Gasteiger partial charge in [0, 0.05) is 77.2 Å².